The van der Waals surface area contributed by atoms with Crippen molar-refractivity contribution >= 4 is 19.1 Å². The van der Waals surface area contributed by atoms with Crippen LogP contribution in [0.15, 0.2) is 40.1 Å². The molecule has 4 nitrogen and oxygen atoms in total. The highest BCUT2D eigenvalue weighted by atomic mass is 32.2. The second kappa shape index (κ2) is 7.86. The van der Waals surface area contributed by atoms with Crippen LogP contribution in [0.2, 0.25) is 0 Å². The van der Waals surface area contributed by atoms with Gasteiger partial charge in [0.2, 0.25) is 7.37 Å². The van der Waals surface area contributed by atoms with Crippen LogP contribution >= 0.6 is 19.1 Å². The van der Waals surface area contributed by atoms with Gasteiger partial charge in [-0.25, -0.2) is 0 Å². The molecule has 1 atom stereocenters. The van der Waals surface area contributed by atoms with Gasteiger partial charge in [0.25, 0.3) is 0 Å². The van der Waals surface area contributed by atoms with E-state index in [4.69, 9.17) is 4.74 Å². The summed E-state index contributed by atoms with van der Waals surface area (Å²) < 4.78 is 16.8. The topological polar surface area (TPSA) is 66.8 Å². The second-order valence-corrected chi connectivity index (χ2v) is 10.1. The van der Waals surface area contributed by atoms with Gasteiger partial charge in [-0.1, -0.05) is 25.6 Å². The van der Waals surface area contributed by atoms with Crippen molar-refractivity contribution in [2.24, 2.45) is 0 Å². The molecular weight excluding hydrogens is 355 g/mol. The number of phenols is 1. The fraction of sp³-hybridized carbons (Fsp3) is 0.368. The number of ether oxygens (including phenoxy) is 1. The first-order valence-corrected chi connectivity index (χ1v) is 11.2. The van der Waals surface area contributed by atoms with Gasteiger partial charge in [-0.05, 0) is 66.8 Å². The van der Waals surface area contributed by atoms with Gasteiger partial charge in [-0.15, -0.1) is 0 Å². The van der Waals surface area contributed by atoms with E-state index in [0.717, 1.165) is 26.5 Å². The quantitative estimate of drug-likeness (QED) is 0.646. The van der Waals surface area contributed by atoms with Crippen LogP contribution in [0, 0.1) is 13.8 Å². The van der Waals surface area contributed by atoms with Crippen molar-refractivity contribution in [1.29, 1.82) is 0 Å². The number of benzene rings is 2. The zero-order chi connectivity index (χ0) is 18.8. The normalized spacial score (nSPS) is 13.7. The minimum Gasteiger partial charge on any atom is -0.508 e. The van der Waals surface area contributed by atoms with Crippen LogP contribution in [0.3, 0.4) is 0 Å². The lowest BCUT2D eigenvalue weighted by atomic mass is 10.0. The Morgan fingerprint density at radius 2 is 1.76 bits per heavy atom. The zero-order valence-corrected chi connectivity index (χ0v) is 16.9. The van der Waals surface area contributed by atoms with Crippen LogP contribution in [-0.4, -0.2) is 23.0 Å². The summed E-state index contributed by atoms with van der Waals surface area (Å²) in [5.41, 5.74) is 3.02. The molecule has 0 spiro atoms. The minimum atomic E-state index is -3.20. The summed E-state index contributed by atoms with van der Waals surface area (Å²) in [6, 6.07) is 9.44. The summed E-state index contributed by atoms with van der Waals surface area (Å²) in [5, 5.41) is 9.97. The first kappa shape index (κ1) is 19.9. The third-order valence-corrected chi connectivity index (χ3v) is 5.69. The molecule has 0 aliphatic heterocycles. The summed E-state index contributed by atoms with van der Waals surface area (Å²) in [7, 11) is -3.20. The molecule has 1 unspecified atom stereocenters. The van der Waals surface area contributed by atoms with E-state index in [0.29, 0.717) is 11.5 Å². The third-order valence-electron chi connectivity index (χ3n) is 3.75. The highest BCUT2D eigenvalue weighted by Crippen LogP contribution is 2.39. The lowest BCUT2D eigenvalue weighted by Gasteiger charge is -2.15. The number of rotatable bonds is 6. The lowest BCUT2D eigenvalue weighted by Crippen LogP contribution is -1.99. The molecule has 0 heterocycles. The standard InChI is InChI=1S/C19H25O4PS/c1-12(2)17-10-16(6-7-18(17)20)25-19-13(3)8-15(9-14(19)4)23-11-24(5,21)22/h6-10,12,20H,11H2,1-5H3,(H,21,22). The number of hydrogen-bond donors (Lipinski definition) is 2. The second-order valence-electron chi connectivity index (χ2n) is 6.69. The van der Waals surface area contributed by atoms with E-state index >= 15 is 0 Å². The predicted molar refractivity (Wildman–Crippen MR) is 103 cm³/mol. The van der Waals surface area contributed by atoms with E-state index in [9.17, 15) is 14.6 Å². The van der Waals surface area contributed by atoms with Crippen LogP contribution in [0.25, 0.3) is 0 Å². The van der Waals surface area contributed by atoms with E-state index in [1.807, 2.05) is 38.1 Å². The van der Waals surface area contributed by atoms with Crippen LogP contribution in [0.1, 0.15) is 36.5 Å². The van der Waals surface area contributed by atoms with Gasteiger partial charge in [-0.2, -0.15) is 0 Å². The van der Waals surface area contributed by atoms with Gasteiger partial charge < -0.3 is 14.7 Å². The Balaban J connectivity index is 2.26. The molecule has 136 valence electrons. The maximum atomic E-state index is 11.4. The van der Waals surface area contributed by atoms with E-state index in [-0.39, 0.29) is 12.3 Å². The third kappa shape index (κ3) is 5.53. The number of hydrogen-bond acceptors (Lipinski definition) is 4. The Bertz CT molecular complexity index is 788. The summed E-state index contributed by atoms with van der Waals surface area (Å²) in [4.78, 5) is 11.6. The molecule has 0 amide bonds. The van der Waals surface area contributed by atoms with Crippen LogP contribution < -0.4 is 4.74 Å². The molecule has 0 aliphatic rings. The maximum absolute atomic E-state index is 11.4. The minimum absolute atomic E-state index is 0.186. The molecule has 0 aliphatic carbocycles. The Morgan fingerprint density at radius 1 is 1.16 bits per heavy atom. The van der Waals surface area contributed by atoms with Crippen molar-refractivity contribution in [3.05, 3.63) is 47.0 Å². The zero-order valence-electron chi connectivity index (χ0n) is 15.2. The van der Waals surface area contributed by atoms with Crippen molar-refractivity contribution in [3.8, 4) is 11.5 Å². The average Bonchev–Trinajstić information content (AvgIpc) is 2.49. The van der Waals surface area contributed by atoms with Crippen LogP contribution in [0.4, 0.5) is 0 Å². The van der Waals surface area contributed by atoms with Gasteiger partial charge in [-0.3, -0.25) is 4.57 Å². The molecule has 0 saturated heterocycles. The molecule has 6 heteroatoms. The Kier molecular flexibility index (Phi) is 6.26. The smallest absolute Gasteiger partial charge is 0.233 e. The Labute approximate surface area is 153 Å². The largest absolute Gasteiger partial charge is 0.508 e. The molecular formula is C19H25O4PS. The van der Waals surface area contributed by atoms with Gasteiger partial charge >= 0.3 is 0 Å². The Hall–Kier alpha value is -1.42. The molecule has 2 aromatic carbocycles. The molecule has 0 bridgehead atoms. The summed E-state index contributed by atoms with van der Waals surface area (Å²) in [6.07, 6.45) is -0.186. The lowest BCUT2D eigenvalue weighted by molar-refractivity contribution is 0.352. The highest BCUT2D eigenvalue weighted by molar-refractivity contribution is 7.99. The van der Waals surface area contributed by atoms with Crippen LogP contribution in [0.5, 0.6) is 11.5 Å². The SMILES string of the molecule is Cc1cc(OCP(C)(=O)O)cc(C)c1Sc1ccc(O)c(C(C)C)c1. The summed E-state index contributed by atoms with van der Waals surface area (Å²) in [5.74, 6) is 1.18. The maximum Gasteiger partial charge on any atom is 0.233 e. The number of aromatic hydroxyl groups is 1. The summed E-state index contributed by atoms with van der Waals surface area (Å²) >= 11 is 1.64. The molecule has 0 fully saturated rings. The van der Waals surface area contributed by atoms with E-state index in [2.05, 4.69) is 13.8 Å². The molecule has 0 aromatic heterocycles. The number of aryl methyl sites for hydroxylation is 2. The molecule has 2 N–H and O–H groups in total. The van der Waals surface area contributed by atoms with E-state index < -0.39 is 7.37 Å². The fourth-order valence-electron chi connectivity index (χ4n) is 2.53. The summed E-state index contributed by atoms with van der Waals surface area (Å²) in [6.45, 7) is 9.39. The molecule has 0 saturated carbocycles. The highest BCUT2D eigenvalue weighted by Gasteiger charge is 2.14. The molecule has 2 rings (SSSR count). The van der Waals surface area contributed by atoms with E-state index in [1.165, 1.54) is 6.66 Å². The average molecular weight is 380 g/mol. The van der Waals surface area contributed by atoms with Gasteiger partial charge in [0.1, 0.15) is 11.5 Å². The van der Waals surface area contributed by atoms with Gasteiger partial charge in [0.15, 0.2) is 6.35 Å². The van der Waals surface area contributed by atoms with Crippen molar-refractivity contribution in [2.75, 3.05) is 13.0 Å². The Morgan fingerprint density at radius 3 is 2.28 bits per heavy atom. The molecule has 0 radical (unpaired) electrons. The van der Waals surface area contributed by atoms with Crippen LogP contribution in [-0.2, 0) is 4.57 Å². The first-order valence-electron chi connectivity index (χ1n) is 8.11. The molecule has 25 heavy (non-hydrogen) atoms. The van der Waals surface area contributed by atoms with Gasteiger partial charge in [0, 0.05) is 16.5 Å². The van der Waals surface area contributed by atoms with Crippen molar-refractivity contribution in [1.82, 2.24) is 0 Å². The van der Waals surface area contributed by atoms with Crippen molar-refractivity contribution in [3.63, 3.8) is 0 Å². The van der Waals surface area contributed by atoms with Crippen molar-refractivity contribution < 1.29 is 19.3 Å². The number of phenolic OH excluding ortho intramolecular Hbond substituents is 1. The molecule has 2 aromatic rings. The first-order chi connectivity index (χ1) is 11.6. The van der Waals surface area contributed by atoms with Crippen molar-refractivity contribution in [2.45, 2.75) is 43.4 Å². The fourth-order valence-corrected chi connectivity index (χ4v) is 3.91. The monoisotopic (exact) mass is 380 g/mol. The van der Waals surface area contributed by atoms with E-state index in [1.54, 1.807) is 17.8 Å². The predicted octanol–water partition coefficient (Wildman–Crippen LogP) is 5.52. The van der Waals surface area contributed by atoms with Gasteiger partial charge in [0.05, 0.1) is 0 Å².